The van der Waals surface area contributed by atoms with Crippen LogP contribution in [0.1, 0.15) is 29.8 Å². The lowest BCUT2D eigenvalue weighted by molar-refractivity contribution is -0.137. The van der Waals surface area contributed by atoms with Gasteiger partial charge in [-0.3, -0.25) is 4.79 Å². The lowest BCUT2D eigenvalue weighted by Gasteiger charge is -2.38. The van der Waals surface area contributed by atoms with Crippen molar-refractivity contribution >= 4 is 23.3 Å². The standard InChI is InChI=1S/C25H31F3N4O4/c1-15-12-32(16(2)14-33)23(34)19-6-5-7-20(22(19)36-21(15)13-31(3)4)30-24(35)29-18-10-8-17(9-11-18)25(26,27)28/h5-11,15-16,21,33H,12-14H2,1-4H3,(H2,29,30,35)/t15-,16-,21+/m1/s1. The van der Waals surface area contributed by atoms with Gasteiger partial charge in [0.1, 0.15) is 6.10 Å². The van der Waals surface area contributed by atoms with Gasteiger partial charge in [-0.1, -0.05) is 13.0 Å². The first-order valence-corrected chi connectivity index (χ1v) is 11.5. The Hall–Kier alpha value is -3.31. The fourth-order valence-electron chi connectivity index (χ4n) is 3.95. The Morgan fingerprint density at radius 1 is 1.19 bits per heavy atom. The number of anilines is 2. The van der Waals surface area contributed by atoms with Crippen molar-refractivity contribution in [2.45, 2.75) is 32.2 Å². The van der Waals surface area contributed by atoms with Crippen LogP contribution in [0.25, 0.3) is 0 Å². The zero-order valence-electron chi connectivity index (χ0n) is 20.6. The molecule has 36 heavy (non-hydrogen) atoms. The number of carbonyl (C=O) groups is 2. The molecule has 8 nitrogen and oxygen atoms in total. The van der Waals surface area contributed by atoms with E-state index in [1.165, 1.54) is 0 Å². The van der Waals surface area contributed by atoms with E-state index >= 15 is 0 Å². The molecule has 0 fully saturated rings. The fraction of sp³-hybridized carbons (Fsp3) is 0.440. The number of urea groups is 1. The molecule has 0 bridgehead atoms. The number of hydrogen-bond acceptors (Lipinski definition) is 5. The highest BCUT2D eigenvalue weighted by atomic mass is 19.4. The van der Waals surface area contributed by atoms with Crippen LogP contribution < -0.4 is 15.4 Å². The summed E-state index contributed by atoms with van der Waals surface area (Å²) in [6.07, 6.45) is -4.81. The van der Waals surface area contributed by atoms with Crippen molar-refractivity contribution in [3.63, 3.8) is 0 Å². The normalized spacial score (nSPS) is 19.1. The summed E-state index contributed by atoms with van der Waals surface area (Å²) in [5.74, 6) is -0.236. The number of aliphatic hydroxyl groups excluding tert-OH is 1. The number of halogens is 3. The Bertz CT molecular complexity index is 1080. The third-order valence-corrected chi connectivity index (χ3v) is 5.95. The largest absolute Gasteiger partial charge is 0.486 e. The van der Waals surface area contributed by atoms with Gasteiger partial charge in [-0.2, -0.15) is 13.2 Å². The van der Waals surface area contributed by atoms with E-state index in [9.17, 15) is 27.9 Å². The van der Waals surface area contributed by atoms with Gasteiger partial charge in [-0.05, 0) is 57.4 Å². The van der Waals surface area contributed by atoms with Gasteiger partial charge in [0.2, 0.25) is 0 Å². The van der Waals surface area contributed by atoms with Crippen molar-refractivity contribution in [2.75, 3.05) is 44.4 Å². The van der Waals surface area contributed by atoms with Crippen molar-refractivity contribution in [3.8, 4) is 5.75 Å². The summed E-state index contributed by atoms with van der Waals surface area (Å²) in [4.78, 5) is 29.7. The number of aliphatic hydroxyl groups is 1. The van der Waals surface area contributed by atoms with Crippen molar-refractivity contribution in [1.29, 1.82) is 0 Å². The van der Waals surface area contributed by atoms with Gasteiger partial charge >= 0.3 is 12.2 Å². The molecule has 3 rings (SSSR count). The molecule has 0 saturated carbocycles. The Kier molecular flexibility index (Phi) is 8.47. The summed E-state index contributed by atoms with van der Waals surface area (Å²) < 4.78 is 44.7. The topological polar surface area (TPSA) is 94.1 Å². The summed E-state index contributed by atoms with van der Waals surface area (Å²) in [5.41, 5.74) is -0.191. The van der Waals surface area contributed by atoms with Gasteiger partial charge in [0, 0.05) is 24.7 Å². The summed E-state index contributed by atoms with van der Waals surface area (Å²) in [5, 5.41) is 14.9. The number of carbonyl (C=O) groups excluding carboxylic acids is 2. The number of hydrogen-bond donors (Lipinski definition) is 3. The Morgan fingerprint density at radius 2 is 1.86 bits per heavy atom. The molecule has 1 aliphatic heterocycles. The number of amides is 3. The fourth-order valence-corrected chi connectivity index (χ4v) is 3.95. The van der Waals surface area contributed by atoms with Crippen molar-refractivity contribution in [3.05, 3.63) is 53.6 Å². The Balaban J connectivity index is 1.91. The van der Waals surface area contributed by atoms with Crippen LogP contribution in [0.5, 0.6) is 5.75 Å². The van der Waals surface area contributed by atoms with Crippen LogP contribution in [0.3, 0.4) is 0 Å². The van der Waals surface area contributed by atoms with Gasteiger partial charge in [0.25, 0.3) is 5.91 Å². The predicted octanol–water partition coefficient (Wildman–Crippen LogP) is 4.13. The third-order valence-electron chi connectivity index (χ3n) is 5.95. The molecule has 1 aliphatic rings. The van der Waals surface area contributed by atoms with E-state index < -0.39 is 23.8 Å². The molecule has 0 aromatic heterocycles. The molecule has 3 amide bonds. The van der Waals surface area contributed by atoms with Gasteiger partial charge in [0.05, 0.1) is 29.5 Å². The average Bonchev–Trinajstić information content (AvgIpc) is 2.80. The van der Waals surface area contributed by atoms with E-state index in [-0.39, 0.29) is 47.2 Å². The zero-order valence-corrected chi connectivity index (χ0v) is 20.6. The van der Waals surface area contributed by atoms with Crippen LogP contribution >= 0.6 is 0 Å². The number of ether oxygens (including phenoxy) is 1. The molecule has 0 unspecified atom stereocenters. The van der Waals surface area contributed by atoms with Gasteiger partial charge in [-0.15, -0.1) is 0 Å². The summed E-state index contributed by atoms with van der Waals surface area (Å²) >= 11 is 0. The van der Waals surface area contributed by atoms with Crippen molar-refractivity contribution in [1.82, 2.24) is 9.80 Å². The quantitative estimate of drug-likeness (QED) is 0.546. The lowest BCUT2D eigenvalue weighted by Crippen LogP contribution is -2.49. The molecular weight excluding hydrogens is 477 g/mol. The maximum absolute atomic E-state index is 13.4. The summed E-state index contributed by atoms with van der Waals surface area (Å²) in [6, 6.07) is 7.70. The molecule has 0 saturated heterocycles. The van der Waals surface area contributed by atoms with E-state index in [0.29, 0.717) is 13.1 Å². The minimum atomic E-state index is -4.48. The van der Waals surface area contributed by atoms with Crippen molar-refractivity contribution < 1.29 is 32.6 Å². The number of likely N-dealkylation sites (N-methyl/N-ethyl adjacent to an activating group) is 1. The van der Waals surface area contributed by atoms with Gasteiger partial charge in [0.15, 0.2) is 5.75 Å². The number of fused-ring (bicyclic) bond motifs is 1. The Morgan fingerprint density at radius 3 is 2.44 bits per heavy atom. The molecule has 2 aromatic carbocycles. The van der Waals surface area contributed by atoms with Crippen LogP contribution in [0, 0.1) is 5.92 Å². The van der Waals surface area contributed by atoms with E-state index in [4.69, 9.17) is 4.74 Å². The van der Waals surface area contributed by atoms with E-state index in [1.807, 2.05) is 25.9 Å². The highest BCUT2D eigenvalue weighted by Crippen LogP contribution is 2.35. The Labute approximate surface area is 208 Å². The molecule has 0 spiro atoms. The molecule has 0 aliphatic carbocycles. The first-order valence-electron chi connectivity index (χ1n) is 11.5. The predicted molar refractivity (Wildman–Crippen MR) is 130 cm³/mol. The average molecular weight is 509 g/mol. The molecule has 196 valence electrons. The minimum absolute atomic E-state index is 0.0903. The highest BCUT2D eigenvalue weighted by molar-refractivity contribution is 6.04. The van der Waals surface area contributed by atoms with Crippen LogP contribution in [-0.2, 0) is 6.18 Å². The van der Waals surface area contributed by atoms with E-state index in [2.05, 4.69) is 10.6 Å². The molecule has 3 N–H and O–H groups in total. The molecule has 3 atom stereocenters. The number of nitrogens with zero attached hydrogens (tertiary/aromatic N) is 2. The van der Waals surface area contributed by atoms with Gasteiger partial charge < -0.3 is 30.3 Å². The van der Waals surface area contributed by atoms with Crippen LogP contribution in [0.15, 0.2) is 42.5 Å². The number of para-hydroxylation sites is 1. The zero-order chi connectivity index (χ0) is 26.6. The first-order chi connectivity index (χ1) is 16.9. The number of rotatable bonds is 6. The minimum Gasteiger partial charge on any atom is -0.486 e. The number of benzene rings is 2. The van der Waals surface area contributed by atoms with Crippen LogP contribution in [0.4, 0.5) is 29.3 Å². The second kappa shape index (κ2) is 11.2. The number of nitrogens with one attached hydrogen (secondary N) is 2. The lowest BCUT2D eigenvalue weighted by atomic mass is 9.99. The summed E-state index contributed by atoms with van der Waals surface area (Å²) in [6.45, 7) is 4.43. The molecule has 0 radical (unpaired) electrons. The third kappa shape index (κ3) is 6.46. The maximum atomic E-state index is 13.4. The van der Waals surface area contributed by atoms with E-state index in [1.54, 1.807) is 30.0 Å². The molecule has 2 aromatic rings. The number of alkyl halides is 3. The molecule has 11 heteroatoms. The van der Waals surface area contributed by atoms with E-state index in [0.717, 1.165) is 24.3 Å². The first kappa shape index (κ1) is 27.3. The molecular formula is C25H31F3N4O4. The summed E-state index contributed by atoms with van der Waals surface area (Å²) in [7, 11) is 3.80. The smallest absolute Gasteiger partial charge is 0.416 e. The SMILES string of the molecule is C[C@@H]1CN([C@H](C)CO)C(=O)c2cccc(NC(=O)Nc3ccc(C(F)(F)F)cc3)c2O[C@H]1CN(C)C. The monoisotopic (exact) mass is 508 g/mol. The highest BCUT2D eigenvalue weighted by Gasteiger charge is 2.34. The van der Waals surface area contributed by atoms with Gasteiger partial charge in [-0.25, -0.2) is 4.79 Å². The second-order valence-electron chi connectivity index (χ2n) is 9.22. The van der Waals surface area contributed by atoms with Crippen LogP contribution in [0.2, 0.25) is 0 Å². The van der Waals surface area contributed by atoms with Crippen molar-refractivity contribution in [2.24, 2.45) is 5.92 Å². The molecule has 1 heterocycles. The van der Waals surface area contributed by atoms with Crippen LogP contribution in [-0.4, -0.2) is 72.8 Å². The maximum Gasteiger partial charge on any atom is 0.416 e. The second-order valence-corrected chi connectivity index (χ2v) is 9.22.